The Hall–Kier alpha value is -2.82. The van der Waals surface area contributed by atoms with Crippen LogP contribution in [0.2, 0.25) is 0 Å². The zero-order valence-corrected chi connectivity index (χ0v) is 15.6. The van der Waals surface area contributed by atoms with Gasteiger partial charge in [-0.2, -0.15) is 0 Å². The minimum Gasteiger partial charge on any atom is -0.337 e. The average Bonchev–Trinajstić information content (AvgIpc) is 2.93. The number of aryl methyl sites for hydroxylation is 1. The Morgan fingerprint density at radius 1 is 1.07 bits per heavy atom. The number of rotatable bonds is 3. The number of fused-ring (bicyclic) bond motifs is 1. The van der Waals surface area contributed by atoms with Gasteiger partial charge in [-0.05, 0) is 56.2 Å². The van der Waals surface area contributed by atoms with E-state index in [-0.39, 0.29) is 5.91 Å². The predicted molar refractivity (Wildman–Crippen MR) is 105 cm³/mol. The van der Waals surface area contributed by atoms with Crippen molar-refractivity contribution in [1.29, 1.82) is 0 Å². The standard InChI is InChI=1S/C22H24N4O/c1-16-23-12-9-20(25-16)22(27)26-13-4-5-17(10-14-26)15-19-7-2-6-18-8-3-11-24-21(18)19/h2-3,6-9,11-12,17H,4-5,10,13-15H2,1H3. The first-order valence-electron chi connectivity index (χ1n) is 9.62. The van der Waals surface area contributed by atoms with E-state index in [1.54, 1.807) is 12.3 Å². The molecule has 0 radical (unpaired) electrons. The van der Waals surface area contributed by atoms with Gasteiger partial charge >= 0.3 is 0 Å². The van der Waals surface area contributed by atoms with E-state index >= 15 is 0 Å². The zero-order chi connectivity index (χ0) is 18.6. The molecule has 3 aromatic rings. The predicted octanol–water partition coefficient (Wildman–Crippen LogP) is 3.82. The van der Waals surface area contributed by atoms with Crippen LogP contribution in [0.5, 0.6) is 0 Å². The molecular formula is C22H24N4O. The summed E-state index contributed by atoms with van der Waals surface area (Å²) in [6, 6.07) is 12.2. The normalized spacial score (nSPS) is 17.7. The highest BCUT2D eigenvalue weighted by molar-refractivity contribution is 5.92. The number of pyridine rings is 1. The molecule has 1 unspecified atom stereocenters. The van der Waals surface area contributed by atoms with Gasteiger partial charge in [-0.3, -0.25) is 9.78 Å². The molecule has 2 aromatic heterocycles. The van der Waals surface area contributed by atoms with E-state index < -0.39 is 0 Å². The summed E-state index contributed by atoms with van der Waals surface area (Å²) in [4.78, 5) is 27.7. The van der Waals surface area contributed by atoms with Crippen molar-refractivity contribution in [2.45, 2.75) is 32.6 Å². The SMILES string of the molecule is Cc1nccc(C(=O)N2CCCC(Cc3cccc4cccnc34)CC2)n1. The summed E-state index contributed by atoms with van der Waals surface area (Å²) in [6.07, 6.45) is 7.71. The average molecular weight is 360 g/mol. The maximum Gasteiger partial charge on any atom is 0.272 e. The third kappa shape index (κ3) is 3.97. The van der Waals surface area contributed by atoms with Crippen LogP contribution in [-0.2, 0) is 6.42 Å². The quantitative estimate of drug-likeness (QED) is 0.712. The molecule has 1 fully saturated rings. The van der Waals surface area contributed by atoms with E-state index in [1.165, 1.54) is 10.9 Å². The smallest absolute Gasteiger partial charge is 0.272 e. The van der Waals surface area contributed by atoms with Crippen LogP contribution >= 0.6 is 0 Å². The van der Waals surface area contributed by atoms with Crippen molar-refractivity contribution in [2.24, 2.45) is 5.92 Å². The highest BCUT2D eigenvalue weighted by atomic mass is 16.2. The summed E-state index contributed by atoms with van der Waals surface area (Å²) < 4.78 is 0. The second kappa shape index (κ2) is 7.82. The molecular weight excluding hydrogens is 336 g/mol. The number of hydrogen-bond donors (Lipinski definition) is 0. The molecule has 0 aliphatic carbocycles. The van der Waals surface area contributed by atoms with Crippen LogP contribution in [0.4, 0.5) is 0 Å². The van der Waals surface area contributed by atoms with Crippen molar-refractivity contribution >= 4 is 16.8 Å². The number of likely N-dealkylation sites (tertiary alicyclic amines) is 1. The molecule has 27 heavy (non-hydrogen) atoms. The molecule has 1 aliphatic heterocycles. The van der Waals surface area contributed by atoms with Crippen molar-refractivity contribution in [3.05, 3.63) is 65.9 Å². The molecule has 1 aromatic carbocycles. The first-order valence-corrected chi connectivity index (χ1v) is 9.62. The molecule has 1 amide bonds. The Kier molecular flexibility index (Phi) is 5.10. The van der Waals surface area contributed by atoms with Crippen LogP contribution in [0.3, 0.4) is 0 Å². The number of para-hydroxylation sites is 1. The van der Waals surface area contributed by atoms with Crippen LogP contribution in [0, 0.1) is 12.8 Å². The molecule has 1 aliphatic rings. The van der Waals surface area contributed by atoms with Gasteiger partial charge in [-0.1, -0.05) is 24.3 Å². The lowest BCUT2D eigenvalue weighted by atomic mass is 9.91. The second-order valence-corrected chi connectivity index (χ2v) is 7.27. The summed E-state index contributed by atoms with van der Waals surface area (Å²) in [5, 5.41) is 1.19. The summed E-state index contributed by atoms with van der Waals surface area (Å²) >= 11 is 0. The van der Waals surface area contributed by atoms with Crippen LogP contribution in [0.15, 0.2) is 48.8 Å². The van der Waals surface area contributed by atoms with Gasteiger partial charge in [0.15, 0.2) is 0 Å². The van der Waals surface area contributed by atoms with E-state index in [9.17, 15) is 4.79 Å². The monoisotopic (exact) mass is 360 g/mol. The highest BCUT2D eigenvalue weighted by Crippen LogP contribution is 2.26. The second-order valence-electron chi connectivity index (χ2n) is 7.27. The fourth-order valence-electron chi connectivity index (χ4n) is 3.95. The molecule has 1 atom stereocenters. The molecule has 0 spiro atoms. The molecule has 0 bridgehead atoms. The zero-order valence-electron chi connectivity index (χ0n) is 15.6. The molecule has 0 N–H and O–H groups in total. The minimum atomic E-state index is 0.0213. The number of nitrogens with zero attached hydrogens (tertiary/aromatic N) is 4. The number of carbonyl (C=O) groups excluding carboxylic acids is 1. The van der Waals surface area contributed by atoms with Gasteiger partial charge in [0.1, 0.15) is 11.5 Å². The molecule has 5 nitrogen and oxygen atoms in total. The molecule has 1 saturated heterocycles. The van der Waals surface area contributed by atoms with Gasteiger partial charge in [0.25, 0.3) is 5.91 Å². The summed E-state index contributed by atoms with van der Waals surface area (Å²) in [5.74, 6) is 1.23. The molecule has 0 saturated carbocycles. The van der Waals surface area contributed by atoms with Crippen LogP contribution < -0.4 is 0 Å². The van der Waals surface area contributed by atoms with Crippen LogP contribution in [0.25, 0.3) is 10.9 Å². The third-order valence-electron chi connectivity index (χ3n) is 5.35. The Balaban J connectivity index is 1.45. The Morgan fingerprint density at radius 2 is 1.96 bits per heavy atom. The van der Waals surface area contributed by atoms with Crippen molar-refractivity contribution in [2.75, 3.05) is 13.1 Å². The van der Waals surface area contributed by atoms with Gasteiger partial charge in [0.05, 0.1) is 5.52 Å². The van der Waals surface area contributed by atoms with Gasteiger partial charge in [-0.25, -0.2) is 9.97 Å². The number of hydrogen-bond acceptors (Lipinski definition) is 4. The molecule has 3 heterocycles. The molecule has 4 rings (SSSR count). The first kappa shape index (κ1) is 17.6. The van der Waals surface area contributed by atoms with E-state index in [2.05, 4.69) is 39.2 Å². The lowest BCUT2D eigenvalue weighted by Crippen LogP contribution is -2.32. The Bertz CT molecular complexity index is 950. The van der Waals surface area contributed by atoms with Gasteiger partial charge in [0.2, 0.25) is 0 Å². The van der Waals surface area contributed by atoms with Crippen LogP contribution in [-0.4, -0.2) is 38.8 Å². The van der Waals surface area contributed by atoms with E-state index in [0.717, 1.165) is 44.3 Å². The Labute approximate surface area is 159 Å². The molecule has 138 valence electrons. The van der Waals surface area contributed by atoms with Gasteiger partial charge in [0, 0.05) is 30.9 Å². The van der Waals surface area contributed by atoms with Crippen molar-refractivity contribution < 1.29 is 4.79 Å². The van der Waals surface area contributed by atoms with E-state index in [1.807, 2.05) is 24.1 Å². The molecule has 5 heteroatoms. The number of aromatic nitrogens is 3. The fraction of sp³-hybridized carbons (Fsp3) is 0.364. The highest BCUT2D eigenvalue weighted by Gasteiger charge is 2.23. The summed E-state index contributed by atoms with van der Waals surface area (Å²) in [6.45, 7) is 3.39. The summed E-state index contributed by atoms with van der Waals surface area (Å²) in [5.41, 5.74) is 2.91. The third-order valence-corrected chi connectivity index (χ3v) is 5.35. The van der Waals surface area contributed by atoms with E-state index in [4.69, 9.17) is 0 Å². The van der Waals surface area contributed by atoms with Gasteiger partial charge < -0.3 is 4.90 Å². The summed E-state index contributed by atoms with van der Waals surface area (Å²) in [7, 11) is 0. The van der Waals surface area contributed by atoms with Crippen molar-refractivity contribution in [3.8, 4) is 0 Å². The maximum atomic E-state index is 12.8. The largest absolute Gasteiger partial charge is 0.337 e. The Morgan fingerprint density at radius 3 is 2.85 bits per heavy atom. The van der Waals surface area contributed by atoms with Crippen LogP contribution in [0.1, 0.15) is 41.1 Å². The first-order chi connectivity index (χ1) is 13.2. The minimum absolute atomic E-state index is 0.0213. The van der Waals surface area contributed by atoms with E-state index in [0.29, 0.717) is 17.4 Å². The lowest BCUT2D eigenvalue weighted by molar-refractivity contribution is 0.0753. The van der Waals surface area contributed by atoms with Gasteiger partial charge in [-0.15, -0.1) is 0 Å². The van der Waals surface area contributed by atoms with Crippen molar-refractivity contribution in [1.82, 2.24) is 19.9 Å². The number of benzene rings is 1. The topological polar surface area (TPSA) is 59.0 Å². The fourth-order valence-corrected chi connectivity index (χ4v) is 3.95. The lowest BCUT2D eigenvalue weighted by Gasteiger charge is -2.20. The maximum absolute atomic E-state index is 12.8. The number of carbonyl (C=O) groups is 1. The van der Waals surface area contributed by atoms with Crippen molar-refractivity contribution in [3.63, 3.8) is 0 Å². The number of amides is 1.